The SMILES string of the molecule is CNC(=O)C1COCCN1C(CCCN)COC. The average Bonchev–Trinajstić information content (AvgIpc) is 2.42. The molecule has 3 N–H and O–H groups in total. The standard InChI is InChI=1S/C12H25N3O3/c1-14-12(16)11-9-18-7-6-15(11)10(8-17-2)4-3-5-13/h10-11H,3-9,13H2,1-2H3,(H,14,16). The van der Waals surface area contributed by atoms with Gasteiger partial charge in [0.15, 0.2) is 0 Å². The van der Waals surface area contributed by atoms with E-state index < -0.39 is 0 Å². The van der Waals surface area contributed by atoms with Gasteiger partial charge in [-0.3, -0.25) is 9.69 Å². The summed E-state index contributed by atoms with van der Waals surface area (Å²) >= 11 is 0. The van der Waals surface area contributed by atoms with Crippen LogP contribution in [0.1, 0.15) is 12.8 Å². The lowest BCUT2D eigenvalue weighted by Crippen LogP contribution is -2.57. The highest BCUT2D eigenvalue weighted by molar-refractivity contribution is 5.81. The molecule has 0 bridgehead atoms. The molecular formula is C12H25N3O3. The smallest absolute Gasteiger partial charge is 0.239 e. The molecule has 1 rings (SSSR count). The predicted octanol–water partition coefficient (Wildman–Crippen LogP) is -0.813. The second kappa shape index (κ2) is 8.42. The number of rotatable bonds is 7. The summed E-state index contributed by atoms with van der Waals surface area (Å²) in [6.07, 6.45) is 1.88. The van der Waals surface area contributed by atoms with Gasteiger partial charge in [-0.2, -0.15) is 0 Å². The Hall–Kier alpha value is -0.690. The Balaban J connectivity index is 2.67. The Morgan fingerprint density at radius 2 is 2.44 bits per heavy atom. The number of carbonyl (C=O) groups excluding carboxylic acids is 1. The van der Waals surface area contributed by atoms with Crippen molar-refractivity contribution in [2.45, 2.75) is 24.9 Å². The molecule has 0 aromatic carbocycles. The Morgan fingerprint density at radius 3 is 3.06 bits per heavy atom. The molecule has 1 aliphatic rings. The van der Waals surface area contributed by atoms with Gasteiger partial charge < -0.3 is 20.5 Å². The summed E-state index contributed by atoms with van der Waals surface area (Å²) < 4.78 is 10.7. The highest BCUT2D eigenvalue weighted by Crippen LogP contribution is 2.15. The molecule has 0 aromatic heterocycles. The zero-order valence-electron chi connectivity index (χ0n) is 11.4. The van der Waals surface area contributed by atoms with Gasteiger partial charge in [-0.25, -0.2) is 0 Å². The van der Waals surface area contributed by atoms with E-state index in [1.165, 1.54) is 0 Å². The van der Waals surface area contributed by atoms with E-state index in [-0.39, 0.29) is 18.0 Å². The lowest BCUT2D eigenvalue weighted by atomic mass is 10.1. The fourth-order valence-electron chi connectivity index (χ4n) is 2.34. The van der Waals surface area contributed by atoms with Gasteiger partial charge in [0.1, 0.15) is 6.04 Å². The molecule has 2 unspecified atom stereocenters. The van der Waals surface area contributed by atoms with Gasteiger partial charge in [0.25, 0.3) is 0 Å². The van der Waals surface area contributed by atoms with Gasteiger partial charge >= 0.3 is 0 Å². The van der Waals surface area contributed by atoms with Crippen LogP contribution in [0.5, 0.6) is 0 Å². The monoisotopic (exact) mass is 259 g/mol. The number of hydrogen-bond acceptors (Lipinski definition) is 5. The van der Waals surface area contributed by atoms with Crippen molar-refractivity contribution in [3.8, 4) is 0 Å². The second-order valence-corrected chi connectivity index (χ2v) is 4.48. The molecule has 1 amide bonds. The van der Waals surface area contributed by atoms with Crippen molar-refractivity contribution < 1.29 is 14.3 Å². The molecule has 0 radical (unpaired) electrons. The van der Waals surface area contributed by atoms with Crippen LogP contribution in [-0.2, 0) is 14.3 Å². The van der Waals surface area contributed by atoms with Gasteiger partial charge in [0.05, 0.1) is 19.8 Å². The summed E-state index contributed by atoms with van der Waals surface area (Å²) in [5, 5.41) is 2.69. The van der Waals surface area contributed by atoms with E-state index in [2.05, 4.69) is 10.2 Å². The summed E-state index contributed by atoms with van der Waals surface area (Å²) in [6, 6.07) is 0.00595. The van der Waals surface area contributed by atoms with E-state index >= 15 is 0 Å². The van der Waals surface area contributed by atoms with E-state index in [0.717, 1.165) is 19.4 Å². The van der Waals surface area contributed by atoms with Crippen LogP contribution in [0.4, 0.5) is 0 Å². The van der Waals surface area contributed by atoms with Crippen molar-refractivity contribution in [2.24, 2.45) is 5.73 Å². The maximum absolute atomic E-state index is 11.9. The average molecular weight is 259 g/mol. The zero-order valence-corrected chi connectivity index (χ0v) is 11.4. The van der Waals surface area contributed by atoms with Crippen LogP contribution in [0, 0.1) is 0 Å². The van der Waals surface area contributed by atoms with E-state index in [1.807, 2.05) is 0 Å². The first-order chi connectivity index (χ1) is 8.74. The molecule has 0 saturated carbocycles. The maximum atomic E-state index is 11.9. The lowest BCUT2D eigenvalue weighted by Gasteiger charge is -2.39. The normalized spacial score (nSPS) is 22.7. The Morgan fingerprint density at radius 1 is 1.67 bits per heavy atom. The van der Waals surface area contributed by atoms with Crippen LogP contribution >= 0.6 is 0 Å². The van der Waals surface area contributed by atoms with Crippen molar-refractivity contribution in [1.82, 2.24) is 10.2 Å². The molecule has 1 heterocycles. The third-order valence-corrected chi connectivity index (χ3v) is 3.29. The van der Waals surface area contributed by atoms with Gasteiger partial charge in [0, 0.05) is 26.7 Å². The molecule has 2 atom stereocenters. The first-order valence-corrected chi connectivity index (χ1v) is 6.48. The number of carbonyl (C=O) groups is 1. The molecule has 0 spiro atoms. The summed E-state index contributed by atoms with van der Waals surface area (Å²) in [6.45, 7) is 3.15. The second-order valence-electron chi connectivity index (χ2n) is 4.48. The minimum atomic E-state index is -0.221. The number of amides is 1. The van der Waals surface area contributed by atoms with E-state index in [1.54, 1.807) is 14.2 Å². The molecule has 0 aliphatic carbocycles. The quantitative estimate of drug-likeness (QED) is 0.625. The summed E-state index contributed by atoms with van der Waals surface area (Å²) in [5.74, 6) is 0.00329. The van der Waals surface area contributed by atoms with Crippen LogP contribution in [0.15, 0.2) is 0 Å². The summed E-state index contributed by atoms with van der Waals surface area (Å²) in [7, 11) is 3.34. The number of likely N-dealkylation sites (N-methyl/N-ethyl adjacent to an activating group) is 1. The van der Waals surface area contributed by atoms with E-state index in [4.69, 9.17) is 15.2 Å². The van der Waals surface area contributed by atoms with Gasteiger partial charge in [-0.15, -0.1) is 0 Å². The largest absolute Gasteiger partial charge is 0.383 e. The van der Waals surface area contributed by atoms with Crippen LogP contribution in [0.2, 0.25) is 0 Å². The lowest BCUT2D eigenvalue weighted by molar-refractivity contribution is -0.135. The molecule has 1 aliphatic heterocycles. The molecule has 6 nitrogen and oxygen atoms in total. The van der Waals surface area contributed by atoms with Gasteiger partial charge in [-0.1, -0.05) is 0 Å². The van der Waals surface area contributed by atoms with Crippen molar-refractivity contribution in [1.29, 1.82) is 0 Å². The number of nitrogens with zero attached hydrogens (tertiary/aromatic N) is 1. The zero-order chi connectivity index (χ0) is 13.4. The van der Waals surface area contributed by atoms with Crippen molar-refractivity contribution in [2.75, 3.05) is 47.1 Å². The fraction of sp³-hybridized carbons (Fsp3) is 0.917. The van der Waals surface area contributed by atoms with Crippen LogP contribution in [0.3, 0.4) is 0 Å². The minimum absolute atomic E-state index is 0.00329. The molecule has 1 fully saturated rings. The summed E-state index contributed by atoms with van der Waals surface area (Å²) in [5.41, 5.74) is 5.56. The van der Waals surface area contributed by atoms with Gasteiger partial charge in [-0.05, 0) is 19.4 Å². The maximum Gasteiger partial charge on any atom is 0.239 e. The van der Waals surface area contributed by atoms with Gasteiger partial charge in [0.2, 0.25) is 5.91 Å². The summed E-state index contributed by atoms with van der Waals surface area (Å²) in [4.78, 5) is 14.0. The van der Waals surface area contributed by atoms with Crippen LogP contribution in [0.25, 0.3) is 0 Å². The molecule has 106 valence electrons. The molecular weight excluding hydrogens is 234 g/mol. The first-order valence-electron chi connectivity index (χ1n) is 6.48. The molecule has 18 heavy (non-hydrogen) atoms. The Bertz CT molecular complexity index is 251. The molecule has 1 saturated heterocycles. The fourth-order valence-corrected chi connectivity index (χ4v) is 2.34. The molecule has 0 aromatic rings. The number of ether oxygens (including phenoxy) is 2. The Labute approximate surface area is 109 Å². The third-order valence-electron chi connectivity index (χ3n) is 3.29. The highest BCUT2D eigenvalue weighted by Gasteiger charge is 2.33. The number of hydrogen-bond donors (Lipinski definition) is 2. The number of nitrogens with two attached hydrogens (primary N) is 1. The van der Waals surface area contributed by atoms with Crippen LogP contribution in [-0.4, -0.2) is 70.0 Å². The number of nitrogens with one attached hydrogen (secondary N) is 1. The van der Waals surface area contributed by atoms with Crippen molar-refractivity contribution in [3.63, 3.8) is 0 Å². The Kier molecular flexibility index (Phi) is 7.19. The third kappa shape index (κ3) is 4.20. The number of morpholine rings is 1. The topological polar surface area (TPSA) is 76.8 Å². The predicted molar refractivity (Wildman–Crippen MR) is 69.3 cm³/mol. The number of methoxy groups -OCH3 is 1. The minimum Gasteiger partial charge on any atom is -0.383 e. The highest BCUT2D eigenvalue weighted by atomic mass is 16.5. The van der Waals surface area contributed by atoms with Crippen molar-refractivity contribution >= 4 is 5.91 Å². The van der Waals surface area contributed by atoms with Crippen LogP contribution < -0.4 is 11.1 Å². The van der Waals surface area contributed by atoms with E-state index in [0.29, 0.717) is 26.4 Å². The van der Waals surface area contributed by atoms with E-state index in [9.17, 15) is 4.79 Å². The molecule has 6 heteroatoms. The first kappa shape index (κ1) is 15.4. The van der Waals surface area contributed by atoms with Crippen molar-refractivity contribution in [3.05, 3.63) is 0 Å².